The lowest BCUT2D eigenvalue weighted by molar-refractivity contribution is 0.610. The summed E-state index contributed by atoms with van der Waals surface area (Å²) in [5.41, 5.74) is 0. The molecule has 0 saturated heterocycles. The molecule has 1 N–H and O–H groups in total. The fraction of sp³-hybridized carbons (Fsp3) is 0.364. The lowest BCUT2D eigenvalue weighted by Gasteiger charge is -2.04. The average molecular weight is 235 g/mol. The Hall–Kier alpha value is -1.98. The highest BCUT2D eigenvalue weighted by Gasteiger charge is 1.96. The Balaban J connectivity index is 1.61. The maximum Gasteiger partial charge on any atom is 0.222 e. The first-order valence-electron chi connectivity index (χ1n) is 5.52. The summed E-state index contributed by atoms with van der Waals surface area (Å²) in [6.07, 6.45) is 9.86. The lowest BCUT2D eigenvalue weighted by atomic mass is 10.3. The second kappa shape index (κ2) is 5.93. The number of hydrogen-bond donors (Lipinski definition) is 1. The standard InChI is InChI=1S/C11H14FN5/c12-10-7-15-11(16-8-10)14-3-1-2-5-17-6-4-13-9-17/h4,6-9H,1-3,5H2,(H,14,15,16). The van der Waals surface area contributed by atoms with Gasteiger partial charge in [0.25, 0.3) is 0 Å². The number of nitrogens with one attached hydrogen (secondary N) is 1. The molecule has 0 atom stereocenters. The monoisotopic (exact) mass is 235 g/mol. The van der Waals surface area contributed by atoms with Crippen molar-refractivity contribution >= 4 is 5.95 Å². The average Bonchev–Trinajstić information content (AvgIpc) is 2.84. The number of hydrogen-bond acceptors (Lipinski definition) is 4. The second-order valence-electron chi connectivity index (χ2n) is 3.66. The summed E-state index contributed by atoms with van der Waals surface area (Å²) in [4.78, 5) is 11.6. The molecule has 90 valence electrons. The summed E-state index contributed by atoms with van der Waals surface area (Å²) in [7, 11) is 0. The Morgan fingerprint density at radius 3 is 2.76 bits per heavy atom. The van der Waals surface area contributed by atoms with Crippen LogP contribution in [0.4, 0.5) is 10.3 Å². The minimum atomic E-state index is -0.421. The van der Waals surface area contributed by atoms with Crippen LogP contribution in [0.1, 0.15) is 12.8 Å². The summed E-state index contributed by atoms with van der Waals surface area (Å²) in [5, 5.41) is 3.04. The van der Waals surface area contributed by atoms with E-state index >= 15 is 0 Å². The Bertz CT molecular complexity index is 426. The first kappa shape index (κ1) is 11.5. The van der Waals surface area contributed by atoms with Crippen LogP contribution in [-0.4, -0.2) is 26.1 Å². The van der Waals surface area contributed by atoms with Crippen molar-refractivity contribution in [3.8, 4) is 0 Å². The van der Waals surface area contributed by atoms with E-state index in [0.29, 0.717) is 5.95 Å². The van der Waals surface area contributed by atoms with Crippen molar-refractivity contribution in [2.75, 3.05) is 11.9 Å². The quantitative estimate of drug-likeness (QED) is 0.774. The Kier molecular flexibility index (Phi) is 4.01. The SMILES string of the molecule is Fc1cnc(NCCCCn2ccnc2)nc1. The molecule has 0 spiro atoms. The molecule has 2 aromatic heterocycles. The number of aromatic nitrogens is 4. The molecule has 0 aliphatic rings. The molecule has 0 radical (unpaired) electrons. The molecular formula is C11H14FN5. The highest BCUT2D eigenvalue weighted by molar-refractivity contribution is 5.21. The molecular weight excluding hydrogens is 221 g/mol. The number of rotatable bonds is 6. The van der Waals surface area contributed by atoms with E-state index in [1.165, 1.54) is 0 Å². The van der Waals surface area contributed by atoms with Crippen molar-refractivity contribution in [1.82, 2.24) is 19.5 Å². The maximum absolute atomic E-state index is 12.5. The Labute approximate surface area is 98.7 Å². The fourth-order valence-corrected chi connectivity index (χ4v) is 1.44. The van der Waals surface area contributed by atoms with Crippen LogP contribution in [0, 0.1) is 5.82 Å². The van der Waals surface area contributed by atoms with Gasteiger partial charge in [0.15, 0.2) is 5.82 Å². The molecule has 6 heteroatoms. The smallest absolute Gasteiger partial charge is 0.222 e. The van der Waals surface area contributed by atoms with Crippen molar-refractivity contribution in [2.24, 2.45) is 0 Å². The van der Waals surface area contributed by atoms with Gasteiger partial charge in [-0.2, -0.15) is 0 Å². The van der Waals surface area contributed by atoms with Gasteiger partial charge < -0.3 is 9.88 Å². The van der Waals surface area contributed by atoms with Crippen LogP contribution in [0.2, 0.25) is 0 Å². The second-order valence-corrected chi connectivity index (χ2v) is 3.66. The molecule has 0 aliphatic carbocycles. The zero-order valence-electron chi connectivity index (χ0n) is 9.38. The predicted molar refractivity (Wildman–Crippen MR) is 61.9 cm³/mol. The zero-order valence-corrected chi connectivity index (χ0v) is 9.38. The predicted octanol–water partition coefficient (Wildman–Crippen LogP) is 1.70. The third-order valence-electron chi connectivity index (χ3n) is 2.31. The maximum atomic E-state index is 12.5. The fourth-order valence-electron chi connectivity index (χ4n) is 1.44. The summed E-state index contributed by atoms with van der Waals surface area (Å²) < 4.78 is 14.6. The van der Waals surface area contributed by atoms with Gasteiger partial charge in [0, 0.05) is 25.5 Å². The summed E-state index contributed by atoms with van der Waals surface area (Å²) in [6.45, 7) is 1.73. The van der Waals surface area contributed by atoms with E-state index in [-0.39, 0.29) is 0 Å². The van der Waals surface area contributed by atoms with Gasteiger partial charge in [0.2, 0.25) is 5.95 Å². The van der Waals surface area contributed by atoms with Crippen molar-refractivity contribution in [1.29, 1.82) is 0 Å². The van der Waals surface area contributed by atoms with Crippen LogP contribution < -0.4 is 5.32 Å². The largest absolute Gasteiger partial charge is 0.354 e. The molecule has 0 unspecified atom stereocenters. The molecule has 2 aromatic rings. The molecule has 0 bridgehead atoms. The van der Waals surface area contributed by atoms with Crippen LogP contribution in [0.5, 0.6) is 0 Å². The third-order valence-corrected chi connectivity index (χ3v) is 2.31. The van der Waals surface area contributed by atoms with Crippen molar-refractivity contribution in [2.45, 2.75) is 19.4 Å². The molecule has 2 rings (SSSR count). The Morgan fingerprint density at radius 2 is 2.06 bits per heavy atom. The van der Waals surface area contributed by atoms with E-state index in [2.05, 4.69) is 20.3 Å². The minimum absolute atomic E-state index is 0.421. The Morgan fingerprint density at radius 1 is 1.24 bits per heavy atom. The van der Waals surface area contributed by atoms with Gasteiger partial charge >= 0.3 is 0 Å². The molecule has 0 saturated carbocycles. The minimum Gasteiger partial charge on any atom is -0.354 e. The molecule has 0 amide bonds. The van der Waals surface area contributed by atoms with E-state index in [1.807, 2.05) is 10.8 Å². The highest BCUT2D eigenvalue weighted by Crippen LogP contribution is 2.00. The molecule has 0 fully saturated rings. The van der Waals surface area contributed by atoms with Gasteiger partial charge in [-0.25, -0.2) is 19.3 Å². The zero-order chi connectivity index (χ0) is 11.9. The van der Waals surface area contributed by atoms with Gasteiger partial charge in [-0.3, -0.25) is 0 Å². The molecule has 0 aliphatic heterocycles. The topological polar surface area (TPSA) is 55.6 Å². The number of unbranched alkanes of at least 4 members (excludes halogenated alkanes) is 1. The molecule has 2 heterocycles. The molecule has 0 aromatic carbocycles. The summed E-state index contributed by atoms with van der Waals surface area (Å²) >= 11 is 0. The molecule has 17 heavy (non-hydrogen) atoms. The highest BCUT2D eigenvalue weighted by atomic mass is 19.1. The summed E-state index contributed by atoms with van der Waals surface area (Å²) in [6, 6.07) is 0. The first-order valence-corrected chi connectivity index (χ1v) is 5.52. The van der Waals surface area contributed by atoms with Crippen LogP contribution in [0.15, 0.2) is 31.1 Å². The van der Waals surface area contributed by atoms with E-state index in [9.17, 15) is 4.39 Å². The van der Waals surface area contributed by atoms with Crippen LogP contribution in [0.3, 0.4) is 0 Å². The number of anilines is 1. The van der Waals surface area contributed by atoms with Crippen molar-refractivity contribution in [3.63, 3.8) is 0 Å². The van der Waals surface area contributed by atoms with Crippen molar-refractivity contribution in [3.05, 3.63) is 36.9 Å². The van der Waals surface area contributed by atoms with Gasteiger partial charge in [-0.05, 0) is 12.8 Å². The number of aryl methyl sites for hydroxylation is 1. The van der Waals surface area contributed by atoms with E-state index in [1.54, 1.807) is 12.5 Å². The number of imidazole rings is 1. The van der Waals surface area contributed by atoms with E-state index in [0.717, 1.165) is 38.3 Å². The van der Waals surface area contributed by atoms with Gasteiger partial charge in [0.05, 0.1) is 18.7 Å². The lowest BCUT2D eigenvalue weighted by Crippen LogP contribution is -2.06. The summed E-state index contributed by atoms with van der Waals surface area (Å²) in [5.74, 6) is 0.0460. The van der Waals surface area contributed by atoms with Crippen LogP contribution in [0.25, 0.3) is 0 Å². The van der Waals surface area contributed by atoms with Gasteiger partial charge in [-0.15, -0.1) is 0 Å². The first-order chi connectivity index (χ1) is 8.34. The molecule has 5 nitrogen and oxygen atoms in total. The third kappa shape index (κ3) is 3.82. The van der Waals surface area contributed by atoms with E-state index < -0.39 is 5.82 Å². The van der Waals surface area contributed by atoms with Crippen LogP contribution in [-0.2, 0) is 6.54 Å². The van der Waals surface area contributed by atoms with Gasteiger partial charge in [0.1, 0.15) is 0 Å². The van der Waals surface area contributed by atoms with Crippen molar-refractivity contribution < 1.29 is 4.39 Å². The number of nitrogens with zero attached hydrogens (tertiary/aromatic N) is 4. The number of halogens is 1. The normalized spacial score (nSPS) is 10.4. The van der Waals surface area contributed by atoms with Gasteiger partial charge in [-0.1, -0.05) is 0 Å². The van der Waals surface area contributed by atoms with E-state index in [4.69, 9.17) is 0 Å². The van der Waals surface area contributed by atoms with Crippen LogP contribution >= 0.6 is 0 Å².